The molecule has 0 bridgehead atoms. The maximum absolute atomic E-state index is 13.3. The first-order valence-electron chi connectivity index (χ1n) is 13.1. The summed E-state index contributed by atoms with van der Waals surface area (Å²) in [5.74, 6) is -0.366. The van der Waals surface area contributed by atoms with E-state index in [0.717, 1.165) is 23.1 Å². The average Bonchev–Trinajstić information content (AvgIpc) is 3.26. The lowest BCUT2D eigenvalue weighted by Gasteiger charge is -2.38. The minimum atomic E-state index is -1.13. The summed E-state index contributed by atoms with van der Waals surface area (Å²) in [5, 5.41) is 21.9. The fraction of sp³-hybridized carbons (Fsp3) is 0.500. The van der Waals surface area contributed by atoms with E-state index < -0.39 is 30.4 Å². The number of nitrogens with one attached hydrogen (secondary N) is 1. The summed E-state index contributed by atoms with van der Waals surface area (Å²) in [4.78, 5) is 26.0. The third kappa shape index (κ3) is 6.65. The Balaban J connectivity index is 1.63. The summed E-state index contributed by atoms with van der Waals surface area (Å²) in [6.45, 7) is 3.34. The number of benzene rings is 2. The van der Waals surface area contributed by atoms with E-state index in [-0.39, 0.29) is 25.0 Å². The SMILES string of the molecule is CCc1cccc(-c2c(Cl)cccc2C(OCCNC(=O)O)[C@@H]2CN(C(=O)[C@H]3C[C@@H](N)[C@@H](O)C3)CCO2)c1. The van der Waals surface area contributed by atoms with Gasteiger partial charge in [-0.05, 0) is 42.0 Å². The van der Waals surface area contributed by atoms with Crippen LogP contribution in [0.25, 0.3) is 11.1 Å². The molecule has 1 heterocycles. The Morgan fingerprint density at radius 3 is 2.76 bits per heavy atom. The maximum Gasteiger partial charge on any atom is 0.404 e. The molecule has 5 atom stereocenters. The lowest BCUT2D eigenvalue weighted by Crippen LogP contribution is -2.50. The van der Waals surface area contributed by atoms with Gasteiger partial charge in [-0.2, -0.15) is 0 Å². The number of amides is 2. The summed E-state index contributed by atoms with van der Waals surface area (Å²) in [6, 6.07) is 13.4. The van der Waals surface area contributed by atoms with Crippen LogP contribution >= 0.6 is 11.6 Å². The lowest BCUT2D eigenvalue weighted by molar-refractivity contribution is -0.152. The summed E-state index contributed by atoms with van der Waals surface area (Å²) < 4.78 is 12.4. The first-order chi connectivity index (χ1) is 18.3. The van der Waals surface area contributed by atoms with Crippen LogP contribution in [0.2, 0.25) is 5.02 Å². The Hall–Kier alpha value is -2.69. The summed E-state index contributed by atoms with van der Waals surface area (Å²) >= 11 is 6.75. The summed E-state index contributed by atoms with van der Waals surface area (Å²) in [5.41, 5.74) is 9.69. The number of hydrogen-bond donors (Lipinski definition) is 4. The molecule has 2 aromatic carbocycles. The van der Waals surface area contributed by atoms with Crippen molar-refractivity contribution in [3.63, 3.8) is 0 Å². The van der Waals surface area contributed by atoms with E-state index in [4.69, 9.17) is 31.9 Å². The van der Waals surface area contributed by atoms with E-state index in [1.54, 1.807) is 4.90 Å². The van der Waals surface area contributed by atoms with Crippen LogP contribution in [0.1, 0.15) is 37.0 Å². The van der Waals surface area contributed by atoms with Gasteiger partial charge in [-0.15, -0.1) is 0 Å². The van der Waals surface area contributed by atoms with Crippen molar-refractivity contribution in [2.24, 2.45) is 11.7 Å². The molecule has 2 aromatic rings. The predicted molar refractivity (Wildman–Crippen MR) is 144 cm³/mol. The number of aliphatic hydroxyl groups is 1. The standard InChI is InChI=1S/C28H36ClN3O6/c1-2-17-5-3-6-18(13-17)25-20(7-4-8-21(25)29)26(38-11-9-31-28(35)36)24-16-32(10-12-37-24)27(34)19-14-22(30)23(33)15-19/h3-8,13,19,22-24,26,31,33H,2,9-12,14-16,30H2,1H3,(H,35,36)/t19-,22+,23-,24-,26?/m0/s1. The molecular weight excluding hydrogens is 510 g/mol. The van der Waals surface area contributed by atoms with Gasteiger partial charge in [-0.1, -0.05) is 54.9 Å². The Morgan fingerprint density at radius 1 is 1.26 bits per heavy atom. The Morgan fingerprint density at radius 2 is 2.05 bits per heavy atom. The number of nitrogens with zero attached hydrogens (tertiary/aromatic N) is 1. The number of aliphatic hydroxyl groups excluding tert-OH is 1. The highest BCUT2D eigenvalue weighted by atomic mass is 35.5. The zero-order valence-electron chi connectivity index (χ0n) is 21.5. The molecule has 206 valence electrons. The predicted octanol–water partition coefficient (Wildman–Crippen LogP) is 3.22. The Labute approximate surface area is 227 Å². The normalized spacial score (nSPS) is 24.3. The van der Waals surface area contributed by atoms with Crippen molar-refractivity contribution in [3.05, 3.63) is 58.6 Å². The van der Waals surface area contributed by atoms with E-state index >= 15 is 0 Å². The zero-order valence-corrected chi connectivity index (χ0v) is 22.3. The third-order valence-corrected chi connectivity index (χ3v) is 7.64. The smallest absolute Gasteiger partial charge is 0.404 e. The van der Waals surface area contributed by atoms with Crippen molar-refractivity contribution in [1.29, 1.82) is 0 Å². The molecule has 1 unspecified atom stereocenters. The molecule has 2 aliphatic rings. The molecule has 38 heavy (non-hydrogen) atoms. The fourth-order valence-corrected chi connectivity index (χ4v) is 5.63. The van der Waals surface area contributed by atoms with E-state index in [2.05, 4.69) is 24.4 Å². The van der Waals surface area contributed by atoms with Crippen molar-refractivity contribution < 1.29 is 29.3 Å². The van der Waals surface area contributed by atoms with Crippen molar-refractivity contribution in [3.8, 4) is 11.1 Å². The molecule has 2 amide bonds. The molecule has 10 heteroatoms. The molecule has 0 radical (unpaired) electrons. The summed E-state index contributed by atoms with van der Waals surface area (Å²) in [7, 11) is 0. The minimum Gasteiger partial charge on any atom is -0.465 e. The number of carbonyl (C=O) groups excluding carboxylic acids is 1. The number of nitrogens with two attached hydrogens (primary N) is 1. The topological polar surface area (TPSA) is 134 Å². The van der Waals surface area contributed by atoms with Gasteiger partial charge in [0.2, 0.25) is 5.91 Å². The first-order valence-corrected chi connectivity index (χ1v) is 13.5. The van der Waals surface area contributed by atoms with Gasteiger partial charge in [-0.25, -0.2) is 4.79 Å². The molecule has 1 aliphatic heterocycles. The second-order valence-electron chi connectivity index (χ2n) is 9.87. The number of morpholine rings is 1. The molecule has 4 rings (SSSR count). The van der Waals surface area contributed by atoms with Gasteiger partial charge in [0.25, 0.3) is 0 Å². The minimum absolute atomic E-state index is 0.0430. The van der Waals surface area contributed by atoms with Gasteiger partial charge in [0.1, 0.15) is 12.2 Å². The molecule has 9 nitrogen and oxygen atoms in total. The molecular formula is C28H36ClN3O6. The van der Waals surface area contributed by atoms with E-state index in [1.807, 2.05) is 30.3 Å². The Kier molecular flexibility index (Phi) is 9.62. The van der Waals surface area contributed by atoms with Crippen molar-refractivity contribution in [1.82, 2.24) is 10.2 Å². The van der Waals surface area contributed by atoms with Crippen LogP contribution in [-0.2, 0) is 20.7 Å². The number of halogens is 1. The fourth-order valence-electron chi connectivity index (χ4n) is 5.34. The van der Waals surface area contributed by atoms with Gasteiger partial charge < -0.3 is 35.6 Å². The van der Waals surface area contributed by atoms with E-state index in [0.29, 0.717) is 37.6 Å². The van der Waals surface area contributed by atoms with Crippen molar-refractivity contribution >= 4 is 23.6 Å². The number of hydrogen-bond acceptors (Lipinski definition) is 6. The van der Waals surface area contributed by atoms with Gasteiger partial charge in [0.15, 0.2) is 0 Å². The first kappa shape index (κ1) is 28.3. The number of aryl methyl sites for hydroxylation is 1. The number of ether oxygens (including phenoxy) is 2. The van der Waals surface area contributed by atoms with Gasteiger partial charge >= 0.3 is 6.09 Å². The zero-order chi connectivity index (χ0) is 27.2. The number of carbonyl (C=O) groups is 2. The van der Waals surface area contributed by atoms with E-state index in [1.165, 1.54) is 5.56 Å². The molecule has 2 fully saturated rings. The molecule has 5 N–H and O–H groups in total. The third-order valence-electron chi connectivity index (χ3n) is 7.32. The van der Waals surface area contributed by atoms with Crippen LogP contribution in [0.4, 0.5) is 4.79 Å². The number of rotatable bonds is 9. The molecule has 1 saturated carbocycles. The molecule has 0 aromatic heterocycles. The van der Waals surface area contributed by atoms with Crippen molar-refractivity contribution in [2.45, 2.75) is 50.5 Å². The van der Waals surface area contributed by atoms with Gasteiger partial charge in [-0.3, -0.25) is 4.79 Å². The van der Waals surface area contributed by atoms with Crippen LogP contribution in [0.5, 0.6) is 0 Å². The van der Waals surface area contributed by atoms with Gasteiger partial charge in [0, 0.05) is 42.2 Å². The van der Waals surface area contributed by atoms with Gasteiger partial charge in [0.05, 0.1) is 19.3 Å². The lowest BCUT2D eigenvalue weighted by atomic mass is 9.91. The highest BCUT2D eigenvalue weighted by Gasteiger charge is 2.40. The largest absolute Gasteiger partial charge is 0.465 e. The quantitative estimate of drug-likeness (QED) is 0.355. The molecule has 1 aliphatic carbocycles. The van der Waals surface area contributed by atoms with Crippen LogP contribution in [0, 0.1) is 5.92 Å². The van der Waals surface area contributed by atoms with E-state index in [9.17, 15) is 14.7 Å². The molecule has 1 saturated heterocycles. The second kappa shape index (κ2) is 12.9. The van der Waals surface area contributed by atoms with Crippen LogP contribution in [0.15, 0.2) is 42.5 Å². The molecule has 0 spiro atoms. The Bertz CT molecular complexity index is 1120. The van der Waals surface area contributed by atoms with Crippen LogP contribution < -0.4 is 11.1 Å². The average molecular weight is 546 g/mol. The van der Waals surface area contributed by atoms with Crippen LogP contribution in [-0.4, -0.2) is 78.2 Å². The van der Waals surface area contributed by atoms with Crippen molar-refractivity contribution in [2.75, 3.05) is 32.8 Å². The van der Waals surface area contributed by atoms with Crippen LogP contribution in [0.3, 0.4) is 0 Å². The highest BCUT2D eigenvalue weighted by Crippen LogP contribution is 2.39. The maximum atomic E-state index is 13.3. The number of carboxylic acid groups (broad SMARTS) is 1. The highest BCUT2D eigenvalue weighted by molar-refractivity contribution is 6.33. The monoisotopic (exact) mass is 545 g/mol. The summed E-state index contributed by atoms with van der Waals surface area (Å²) in [6.07, 6.45) is -1.25. The second-order valence-corrected chi connectivity index (χ2v) is 10.3.